The Morgan fingerprint density at radius 2 is 2.33 bits per heavy atom. The summed E-state index contributed by atoms with van der Waals surface area (Å²) in [5.74, 6) is 0.761. The summed E-state index contributed by atoms with van der Waals surface area (Å²) in [6, 6.07) is 4.24. The smallest absolute Gasteiger partial charge is 0.216 e. The topological polar surface area (TPSA) is 48.1 Å². The summed E-state index contributed by atoms with van der Waals surface area (Å²) in [4.78, 5) is 4.23. The van der Waals surface area contributed by atoms with Crippen molar-refractivity contribution in [3.8, 4) is 5.88 Å². The molecule has 1 heterocycles. The highest BCUT2D eigenvalue weighted by Gasteiger charge is 2.21. The van der Waals surface area contributed by atoms with E-state index >= 15 is 0 Å². The summed E-state index contributed by atoms with van der Waals surface area (Å²) in [7, 11) is 0. The molecule has 2 unspecified atom stereocenters. The number of aryl methyl sites for hydroxylation is 1. The Balaban J connectivity index is 1.99. The van der Waals surface area contributed by atoms with Crippen molar-refractivity contribution < 1.29 is 4.74 Å². The molecule has 1 aliphatic carbocycles. The van der Waals surface area contributed by atoms with E-state index in [1.807, 2.05) is 19.1 Å². The van der Waals surface area contributed by atoms with Crippen LogP contribution in [0.3, 0.4) is 0 Å². The first-order chi connectivity index (χ1) is 7.25. The molecule has 0 radical (unpaired) electrons. The van der Waals surface area contributed by atoms with Crippen LogP contribution in [0.1, 0.15) is 31.2 Å². The number of pyridine rings is 1. The molecular formula is C12H18N2O. The molecule has 15 heavy (non-hydrogen) atoms. The SMILES string of the molecule is Cc1cccnc1OC1CCCC(N)C1. The van der Waals surface area contributed by atoms with E-state index in [1.165, 1.54) is 0 Å². The van der Waals surface area contributed by atoms with Gasteiger partial charge in [0.1, 0.15) is 6.10 Å². The summed E-state index contributed by atoms with van der Waals surface area (Å²) in [5, 5.41) is 0. The van der Waals surface area contributed by atoms with Crippen molar-refractivity contribution in [1.82, 2.24) is 4.98 Å². The minimum Gasteiger partial charge on any atom is -0.474 e. The maximum Gasteiger partial charge on any atom is 0.216 e. The lowest BCUT2D eigenvalue weighted by Crippen LogP contribution is -2.34. The van der Waals surface area contributed by atoms with Crippen molar-refractivity contribution in [2.24, 2.45) is 5.73 Å². The molecule has 82 valence electrons. The van der Waals surface area contributed by atoms with E-state index in [9.17, 15) is 0 Å². The fraction of sp³-hybridized carbons (Fsp3) is 0.583. The van der Waals surface area contributed by atoms with Crippen LogP contribution in [-0.2, 0) is 0 Å². The van der Waals surface area contributed by atoms with E-state index in [0.29, 0.717) is 6.04 Å². The van der Waals surface area contributed by atoms with Crippen LogP contribution >= 0.6 is 0 Å². The average Bonchev–Trinajstić information content (AvgIpc) is 2.22. The van der Waals surface area contributed by atoms with Crippen LogP contribution in [0.25, 0.3) is 0 Å². The van der Waals surface area contributed by atoms with E-state index in [0.717, 1.165) is 37.1 Å². The fourth-order valence-electron chi connectivity index (χ4n) is 2.04. The van der Waals surface area contributed by atoms with Gasteiger partial charge < -0.3 is 10.5 Å². The number of ether oxygens (including phenoxy) is 1. The Morgan fingerprint density at radius 3 is 3.07 bits per heavy atom. The zero-order valence-corrected chi connectivity index (χ0v) is 9.15. The molecule has 0 saturated heterocycles. The largest absolute Gasteiger partial charge is 0.474 e. The summed E-state index contributed by atoms with van der Waals surface area (Å²) in [5.41, 5.74) is 7.01. The number of aromatic nitrogens is 1. The minimum absolute atomic E-state index is 0.252. The van der Waals surface area contributed by atoms with Crippen LogP contribution in [0.15, 0.2) is 18.3 Å². The van der Waals surface area contributed by atoms with E-state index < -0.39 is 0 Å². The lowest BCUT2D eigenvalue weighted by molar-refractivity contribution is 0.137. The lowest BCUT2D eigenvalue weighted by Gasteiger charge is -2.27. The molecule has 2 N–H and O–H groups in total. The van der Waals surface area contributed by atoms with Gasteiger partial charge in [0.25, 0.3) is 0 Å². The maximum absolute atomic E-state index is 5.92. The normalized spacial score (nSPS) is 26.3. The zero-order valence-electron chi connectivity index (χ0n) is 9.15. The van der Waals surface area contributed by atoms with Gasteiger partial charge in [0.15, 0.2) is 0 Å². The van der Waals surface area contributed by atoms with Gasteiger partial charge in [0, 0.05) is 17.8 Å². The predicted molar refractivity (Wildman–Crippen MR) is 59.8 cm³/mol. The molecule has 1 aliphatic rings. The quantitative estimate of drug-likeness (QED) is 0.805. The fourth-order valence-corrected chi connectivity index (χ4v) is 2.04. The van der Waals surface area contributed by atoms with E-state index in [4.69, 9.17) is 10.5 Å². The molecule has 1 saturated carbocycles. The Kier molecular flexibility index (Phi) is 3.21. The van der Waals surface area contributed by atoms with Crippen molar-refractivity contribution in [3.05, 3.63) is 23.9 Å². The van der Waals surface area contributed by atoms with Crippen LogP contribution in [0.5, 0.6) is 5.88 Å². The first kappa shape index (κ1) is 10.4. The number of hydrogen-bond donors (Lipinski definition) is 1. The summed E-state index contributed by atoms with van der Waals surface area (Å²) >= 11 is 0. The van der Waals surface area contributed by atoms with Gasteiger partial charge in [-0.05, 0) is 38.7 Å². The van der Waals surface area contributed by atoms with E-state index in [1.54, 1.807) is 6.20 Å². The first-order valence-corrected chi connectivity index (χ1v) is 5.59. The van der Waals surface area contributed by atoms with E-state index in [2.05, 4.69) is 4.98 Å². The second-order valence-corrected chi connectivity index (χ2v) is 4.29. The van der Waals surface area contributed by atoms with E-state index in [-0.39, 0.29) is 6.10 Å². The van der Waals surface area contributed by atoms with Gasteiger partial charge in [-0.1, -0.05) is 6.07 Å². The Hall–Kier alpha value is -1.09. The van der Waals surface area contributed by atoms with Crippen molar-refractivity contribution >= 4 is 0 Å². The van der Waals surface area contributed by atoms with Gasteiger partial charge in [-0.25, -0.2) is 4.98 Å². The lowest BCUT2D eigenvalue weighted by atomic mass is 9.93. The molecule has 1 fully saturated rings. The number of nitrogens with zero attached hydrogens (tertiary/aromatic N) is 1. The summed E-state index contributed by atoms with van der Waals surface area (Å²) < 4.78 is 5.87. The second-order valence-electron chi connectivity index (χ2n) is 4.29. The third kappa shape index (κ3) is 2.69. The van der Waals surface area contributed by atoms with Gasteiger partial charge in [-0.15, -0.1) is 0 Å². The first-order valence-electron chi connectivity index (χ1n) is 5.59. The number of nitrogens with two attached hydrogens (primary N) is 1. The third-order valence-electron chi connectivity index (χ3n) is 2.91. The second kappa shape index (κ2) is 4.62. The molecule has 1 aromatic rings. The number of hydrogen-bond acceptors (Lipinski definition) is 3. The number of rotatable bonds is 2. The zero-order chi connectivity index (χ0) is 10.7. The third-order valence-corrected chi connectivity index (χ3v) is 2.91. The highest BCUT2D eigenvalue weighted by atomic mass is 16.5. The molecule has 3 nitrogen and oxygen atoms in total. The summed E-state index contributed by atoms with van der Waals surface area (Å²) in [6.07, 6.45) is 6.37. The predicted octanol–water partition coefficient (Wildman–Crippen LogP) is 2.04. The van der Waals surface area contributed by atoms with Gasteiger partial charge in [-0.2, -0.15) is 0 Å². The Bertz CT molecular complexity index is 327. The molecular weight excluding hydrogens is 188 g/mol. The molecule has 0 amide bonds. The highest BCUT2D eigenvalue weighted by Crippen LogP contribution is 2.23. The molecule has 0 bridgehead atoms. The molecule has 3 heteroatoms. The maximum atomic E-state index is 5.92. The standard InChI is InChI=1S/C12H18N2O/c1-9-4-3-7-14-12(9)15-11-6-2-5-10(13)8-11/h3-4,7,10-11H,2,5-6,8,13H2,1H3. The molecule has 1 aromatic heterocycles. The van der Waals surface area contributed by atoms with Crippen LogP contribution in [-0.4, -0.2) is 17.1 Å². The van der Waals surface area contributed by atoms with Crippen LogP contribution in [0.4, 0.5) is 0 Å². The molecule has 0 aromatic carbocycles. The molecule has 0 spiro atoms. The van der Waals surface area contributed by atoms with Crippen LogP contribution in [0.2, 0.25) is 0 Å². The van der Waals surface area contributed by atoms with Crippen LogP contribution in [0, 0.1) is 6.92 Å². The van der Waals surface area contributed by atoms with Gasteiger partial charge in [0.05, 0.1) is 0 Å². The van der Waals surface area contributed by atoms with Crippen molar-refractivity contribution in [2.75, 3.05) is 0 Å². The Morgan fingerprint density at radius 1 is 1.47 bits per heavy atom. The molecule has 0 aliphatic heterocycles. The van der Waals surface area contributed by atoms with Crippen molar-refractivity contribution in [1.29, 1.82) is 0 Å². The average molecular weight is 206 g/mol. The van der Waals surface area contributed by atoms with Gasteiger partial charge >= 0.3 is 0 Å². The molecule has 2 rings (SSSR count). The van der Waals surface area contributed by atoms with Crippen molar-refractivity contribution in [3.63, 3.8) is 0 Å². The van der Waals surface area contributed by atoms with Crippen molar-refractivity contribution in [2.45, 2.75) is 44.8 Å². The van der Waals surface area contributed by atoms with Gasteiger partial charge in [-0.3, -0.25) is 0 Å². The monoisotopic (exact) mass is 206 g/mol. The summed E-state index contributed by atoms with van der Waals surface area (Å²) in [6.45, 7) is 2.02. The molecule has 2 atom stereocenters. The van der Waals surface area contributed by atoms with Gasteiger partial charge in [0.2, 0.25) is 5.88 Å². The Labute approximate surface area is 90.7 Å². The minimum atomic E-state index is 0.252. The van der Waals surface area contributed by atoms with Crippen LogP contribution < -0.4 is 10.5 Å². The highest BCUT2D eigenvalue weighted by molar-refractivity contribution is 5.23.